The van der Waals surface area contributed by atoms with Gasteiger partial charge >= 0.3 is 0 Å². The third-order valence-electron chi connectivity index (χ3n) is 9.85. The SMILES string of the molecule is CCCCC/C=C/C/C=C\C(CCCCCCC)N(CCCCN(CCCCCC/C=C/C/C=C/CCCCC)CC(O)CC)CC(O)CN. The molecule has 0 aromatic heterocycles. The zero-order valence-electron chi connectivity index (χ0n) is 33.9. The molecule has 0 rings (SSSR count). The van der Waals surface area contributed by atoms with Crippen LogP contribution in [0.2, 0.25) is 0 Å². The van der Waals surface area contributed by atoms with Crippen LogP contribution in [0.1, 0.15) is 182 Å². The van der Waals surface area contributed by atoms with Gasteiger partial charge in [-0.05, 0) is 103 Å². The van der Waals surface area contributed by atoms with Crippen molar-refractivity contribution in [3.63, 3.8) is 0 Å². The van der Waals surface area contributed by atoms with Crippen molar-refractivity contribution in [1.29, 1.82) is 0 Å². The fourth-order valence-corrected chi connectivity index (χ4v) is 6.48. The molecule has 0 saturated carbocycles. The molecule has 0 aliphatic carbocycles. The third-order valence-corrected chi connectivity index (χ3v) is 9.85. The molecule has 0 aromatic rings. The molecule has 0 heterocycles. The largest absolute Gasteiger partial charge is 0.392 e. The number of unbranched alkanes of at least 4 members (excludes halogenated alkanes) is 15. The van der Waals surface area contributed by atoms with Crippen LogP contribution in [0.25, 0.3) is 0 Å². The van der Waals surface area contributed by atoms with Crippen molar-refractivity contribution in [3.05, 3.63) is 48.6 Å². The fourth-order valence-electron chi connectivity index (χ4n) is 6.48. The van der Waals surface area contributed by atoms with Crippen molar-refractivity contribution in [1.82, 2.24) is 9.80 Å². The minimum atomic E-state index is -0.492. The third kappa shape index (κ3) is 32.7. The summed E-state index contributed by atoms with van der Waals surface area (Å²) in [6, 6.07) is 0.339. The lowest BCUT2D eigenvalue weighted by molar-refractivity contribution is 0.0933. The maximum Gasteiger partial charge on any atom is 0.0789 e. The number of nitrogens with two attached hydrogens (primary N) is 1. The molecule has 294 valence electrons. The summed E-state index contributed by atoms with van der Waals surface area (Å²) in [5.41, 5.74) is 5.91. The maximum atomic E-state index is 10.6. The lowest BCUT2D eigenvalue weighted by Crippen LogP contribution is -2.43. The van der Waals surface area contributed by atoms with Gasteiger partial charge in [-0.1, -0.05) is 147 Å². The molecule has 0 amide bonds. The molecule has 5 heteroatoms. The van der Waals surface area contributed by atoms with E-state index in [1.165, 1.54) is 116 Å². The number of nitrogens with zero attached hydrogens (tertiary/aromatic N) is 2. The van der Waals surface area contributed by atoms with Gasteiger partial charge in [-0.25, -0.2) is 0 Å². The highest BCUT2D eigenvalue weighted by atomic mass is 16.3. The number of allylic oxidation sites excluding steroid dienone is 7. The van der Waals surface area contributed by atoms with Crippen LogP contribution in [0.15, 0.2) is 48.6 Å². The molecule has 3 unspecified atom stereocenters. The Balaban J connectivity index is 4.91. The van der Waals surface area contributed by atoms with E-state index in [9.17, 15) is 10.2 Å². The second-order valence-corrected chi connectivity index (χ2v) is 14.7. The second-order valence-electron chi connectivity index (χ2n) is 14.7. The van der Waals surface area contributed by atoms with Gasteiger partial charge in [-0.2, -0.15) is 0 Å². The van der Waals surface area contributed by atoms with Crippen LogP contribution in [0, 0.1) is 0 Å². The standard InChI is InChI=1S/C45H87N3O2/c1-5-9-12-15-17-19-20-21-22-23-24-26-29-32-37-47(41-44(49)8-4)38-33-34-39-48(42-45(50)40-46)43(35-30-27-14-11-7-3)36-31-28-25-18-16-13-10-6-2/h17-19,21-22,25,31,36,43-45,49-50H,5-16,20,23-24,26-30,32-35,37-42,46H2,1-4H3/b19-17+,22-21+,25-18+,36-31-. The molecule has 3 atom stereocenters. The van der Waals surface area contributed by atoms with E-state index in [-0.39, 0.29) is 6.10 Å². The molecule has 5 nitrogen and oxygen atoms in total. The summed E-state index contributed by atoms with van der Waals surface area (Å²) in [5, 5.41) is 21.1. The summed E-state index contributed by atoms with van der Waals surface area (Å²) >= 11 is 0. The van der Waals surface area contributed by atoms with Gasteiger partial charge in [0.15, 0.2) is 0 Å². The summed E-state index contributed by atoms with van der Waals surface area (Å²) < 4.78 is 0. The maximum absolute atomic E-state index is 10.6. The molecule has 4 N–H and O–H groups in total. The van der Waals surface area contributed by atoms with Crippen LogP contribution in [-0.4, -0.2) is 77.5 Å². The Hall–Kier alpha value is -1.24. The summed E-state index contributed by atoms with van der Waals surface area (Å²) in [4.78, 5) is 5.00. The van der Waals surface area contributed by atoms with Crippen LogP contribution in [0.4, 0.5) is 0 Å². The van der Waals surface area contributed by atoms with Crippen LogP contribution in [0.5, 0.6) is 0 Å². The van der Waals surface area contributed by atoms with Crippen molar-refractivity contribution in [2.24, 2.45) is 5.73 Å². The van der Waals surface area contributed by atoms with Gasteiger partial charge in [0.1, 0.15) is 0 Å². The highest BCUT2D eigenvalue weighted by Gasteiger charge is 2.19. The van der Waals surface area contributed by atoms with Gasteiger partial charge in [0, 0.05) is 25.7 Å². The van der Waals surface area contributed by atoms with Gasteiger partial charge < -0.3 is 20.8 Å². The summed E-state index contributed by atoms with van der Waals surface area (Å²) in [5.74, 6) is 0. The van der Waals surface area contributed by atoms with Crippen LogP contribution >= 0.6 is 0 Å². The highest BCUT2D eigenvalue weighted by Crippen LogP contribution is 2.16. The highest BCUT2D eigenvalue weighted by molar-refractivity contribution is 4.99. The van der Waals surface area contributed by atoms with E-state index in [1.807, 2.05) is 0 Å². The van der Waals surface area contributed by atoms with Crippen molar-refractivity contribution in [2.75, 3.05) is 39.3 Å². The van der Waals surface area contributed by atoms with Crippen molar-refractivity contribution in [3.8, 4) is 0 Å². The number of aliphatic hydroxyl groups is 2. The number of rotatable bonds is 38. The Morgan fingerprint density at radius 1 is 0.500 bits per heavy atom. The first-order valence-corrected chi connectivity index (χ1v) is 21.7. The number of hydrogen-bond acceptors (Lipinski definition) is 5. The zero-order valence-corrected chi connectivity index (χ0v) is 33.9. The molecular weight excluding hydrogens is 615 g/mol. The van der Waals surface area contributed by atoms with Crippen molar-refractivity contribution >= 4 is 0 Å². The van der Waals surface area contributed by atoms with E-state index >= 15 is 0 Å². The Morgan fingerprint density at radius 3 is 1.56 bits per heavy atom. The first kappa shape index (κ1) is 48.8. The van der Waals surface area contributed by atoms with Crippen LogP contribution in [-0.2, 0) is 0 Å². The Morgan fingerprint density at radius 2 is 0.980 bits per heavy atom. The fraction of sp³-hybridized carbons (Fsp3) is 0.822. The Kier molecular flexibility index (Phi) is 38.0. The van der Waals surface area contributed by atoms with Gasteiger partial charge in [-0.15, -0.1) is 0 Å². The average Bonchev–Trinajstić information content (AvgIpc) is 3.12. The molecule has 50 heavy (non-hydrogen) atoms. The number of aliphatic hydroxyl groups excluding tert-OH is 2. The summed E-state index contributed by atoms with van der Waals surface area (Å²) in [7, 11) is 0. The quantitative estimate of drug-likeness (QED) is 0.0441. The van der Waals surface area contributed by atoms with E-state index < -0.39 is 6.10 Å². The van der Waals surface area contributed by atoms with E-state index in [0.717, 1.165) is 64.7 Å². The lowest BCUT2D eigenvalue weighted by atomic mass is 10.0. The molecule has 0 aliphatic heterocycles. The average molecular weight is 702 g/mol. The van der Waals surface area contributed by atoms with Crippen molar-refractivity contribution < 1.29 is 10.2 Å². The number of hydrogen-bond donors (Lipinski definition) is 3. The van der Waals surface area contributed by atoms with E-state index in [4.69, 9.17) is 5.73 Å². The zero-order chi connectivity index (χ0) is 36.8. The predicted molar refractivity (Wildman–Crippen MR) is 223 cm³/mol. The molecule has 0 radical (unpaired) electrons. The summed E-state index contributed by atoms with van der Waals surface area (Å²) in [6.45, 7) is 13.7. The van der Waals surface area contributed by atoms with E-state index in [0.29, 0.717) is 19.1 Å². The Bertz CT molecular complexity index is 795. The molecule has 0 saturated heterocycles. The molecular formula is C45H87N3O2. The molecule has 0 spiro atoms. The first-order valence-electron chi connectivity index (χ1n) is 21.7. The Labute approximate surface area is 312 Å². The predicted octanol–water partition coefficient (Wildman–Crippen LogP) is 11.3. The smallest absolute Gasteiger partial charge is 0.0789 e. The van der Waals surface area contributed by atoms with Gasteiger partial charge in [0.25, 0.3) is 0 Å². The monoisotopic (exact) mass is 702 g/mol. The molecule has 0 aromatic carbocycles. The van der Waals surface area contributed by atoms with Crippen molar-refractivity contribution in [2.45, 2.75) is 200 Å². The van der Waals surface area contributed by atoms with E-state index in [1.54, 1.807) is 0 Å². The molecule has 0 fully saturated rings. The lowest BCUT2D eigenvalue weighted by Gasteiger charge is -2.32. The molecule has 0 aliphatic rings. The summed E-state index contributed by atoms with van der Waals surface area (Å²) in [6.07, 6.45) is 47.0. The molecule has 0 bridgehead atoms. The van der Waals surface area contributed by atoms with Gasteiger partial charge in [0.2, 0.25) is 0 Å². The normalized spacial score (nSPS) is 14.5. The van der Waals surface area contributed by atoms with Crippen LogP contribution < -0.4 is 5.73 Å². The van der Waals surface area contributed by atoms with Crippen LogP contribution in [0.3, 0.4) is 0 Å². The van der Waals surface area contributed by atoms with Gasteiger partial charge in [0.05, 0.1) is 12.2 Å². The van der Waals surface area contributed by atoms with E-state index in [2.05, 4.69) is 86.1 Å². The first-order chi connectivity index (χ1) is 24.5. The topological polar surface area (TPSA) is 73.0 Å². The van der Waals surface area contributed by atoms with Gasteiger partial charge in [-0.3, -0.25) is 4.90 Å². The minimum Gasteiger partial charge on any atom is -0.392 e. The minimum absolute atomic E-state index is 0.250. The second kappa shape index (κ2) is 39.0.